The van der Waals surface area contributed by atoms with Crippen molar-refractivity contribution in [2.45, 2.75) is 30.7 Å². The second kappa shape index (κ2) is 7.03. The number of halogens is 5. The largest absolute Gasteiger partial charge is 0.423 e. The zero-order valence-corrected chi connectivity index (χ0v) is 14.2. The fourth-order valence-electron chi connectivity index (χ4n) is 2.13. The Morgan fingerprint density at radius 3 is 2.44 bits per heavy atom. The molecule has 0 saturated carbocycles. The van der Waals surface area contributed by atoms with E-state index in [1.807, 2.05) is 0 Å². The van der Waals surface area contributed by atoms with Gasteiger partial charge in [-0.2, -0.15) is 13.2 Å². The van der Waals surface area contributed by atoms with Crippen molar-refractivity contribution in [2.24, 2.45) is 0 Å². The van der Waals surface area contributed by atoms with Crippen molar-refractivity contribution in [1.29, 1.82) is 0 Å². The van der Waals surface area contributed by atoms with E-state index in [0.717, 1.165) is 0 Å². The van der Waals surface area contributed by atoms with Crippen LogP contribution in [0.15, 0.2) is 15.8 Å². The summed E-state index contributed by atoms with van der Waals surface area (Å²) >= 11 is 10.3. The van der Waals surface area contributed by atoms with E-state index >= 15 is 0 Å². The average Bonchev–Trinajstić information content (AvgIpc) is 2.71. The summed E-state index contributed by atoms with van der Waals surface area (Å²) in [6.45, 7) is -0.677. The fraction of sp³-hybridized carbons (Fsp3) is 0.600. The zero-order chi connectivity index (χ0) is 19.2. The molecule has 1 unspecified atom stereocenters. The summed E-state index contributed by atoms with van der Waals surface area (Å²) in [5, 5.41) is 19.7. The van der Waals surface area contributed by atoms with Crippen molar-refractivity contribution in [3.05, 3.63) is 32.6 Å². The van der Waals surface area contributed by atoms with Gasteiger partial charge in [0.25, 0.3) is 5.56 Å². The molecule has 4 atom stereocenters. The van der Waals surface area contributed by atoms with Crippen LogP contribution in [-0.2, 0) is 20.0 Å². The lowest BCUT2D eigenvalue weighted by atomic mass is 10.1. The number of aromatic amines is 1. The number of aliphatic hydroxyl groups excluding tert-OH is 2. The molecule has 0 amide bonds. The number of rotatable bonds is 4. The van der Waals surface area contributed by atoms with Gasteiger partial charge in [0.1, 0.15) is 23.9 Å². The van der Waals surface area contributed by atoms with E-state index in [1.165, 1.54) is 4.98 Å². The predicted octanol–water partition coefficient (Wildman–Crippen LogP) is 0.777. The first-order valence-electron chi connectivity index (χ1n) is 6.39. The van der Waals surface area contributed by atoms with Crippen LogP contribution in [0.25, 0.3) is 0 Å². The molecule has 0 bridgehead atoms. The van der Waals surface area contributed by atoms with E-state index < -0.39 is 60.2 Å². The lowest BCUT2D eigenvalue weighted by molar-refractivity contribution is -0.140. The maximum absolute atomic E-state index is 12.8. The highest BCUT2D eigenvalue weighted by Crippen LogP contribution is 2.57. The van der Waals surface area contributed by atoms with Gasteiger partial charge in [0.2, 0.25) is 0 Å². The highest BCUT2D eigenvalue weighted by Gasteiger charge is 2.46. The third-order valence-corrected chi connectivity index (χ3v) is 4.31. The van der Waals surface area contributed by atoms with Gasteiger partial charge in [0, 0.05) is 6.20 Å². The molecule has 2 heterocycles. The van der Waals surface area contributed by atoms with Gasteiger partial charge >= 0.3 is 17.9 Å². The molecule has 1 aliphatic rings. The van der Waals surface area contributed by atoms with Gasteiger partial charge < -0.3 is 19.5 Å². The molecule has 15 heteroatoms. The van der Waals surface area contributed by atoms with Crippen LogP contribution in [0.4, 0.5) is 13.2 Å². The number of aliphatic hydroxyl groups is 2. The summed E-state index contributed by atoms with van der Waals surface area (Å²) in [4.78, 5) is 24.4. The number of hydrogen-bond acceptors (Lipinski definition) is 7. The Balaban J connectivity index is 2.34. The summed E-state index contributed by atoms with van der Waals surface area (Å²) in [7, 11) is 0. The number of alkyl halides is 3. The van der Waals surface area contributed by atoms with Crippen LogP contribution >= 0.6 is 28.6 Å². The highest BCUT2D eigenvalue weighted by atomic mass is 35.9. The third-order valence-electron chi connectivity index (χ3n) is 3.27. The Labute approximate surface area is 145 Å². The Morgan fingerprint density at radius 1 is 1.32 bits per heavy atom. The van der Waals surface area contributed by atoms with Gasteiger partial charge in [-0.05, 0) is 22.5 Å². The molecule has 1 aromatic rings. The Morgan fingerprint density at radius 2 is 1.92 bits per heavy atom. The lowest BCUT2D eigenvalue weighted by Gasteiger charge is -2.18. The average molecular weight is 429 g/mol. The topological polar surface area (TPSA) is 131 Å². The molecule has 9 nitrogen and oxygen atoms in total. The molecule has 2 rings (SSSR count). The van der Waals surface area contributed by atoms with Gasteiger partial charge in [-0.25, -0.2) is 4.79 Å². The number of ether oxygens (including phenoxy) is 1. The fourth-order valence-corrected chi connectivity index (χ4v) is 2.79. The predicted molar refractivity (Wildman–Crippen MR) is 77.5 cm³/mol. The smallest absolute Gasteiger partial charge is 0.387 e. The maximum atomic E-state index is 12.8. The van der Waals surface area contributed by atoms with Gasteiger partial charge in [0.05, 0.1) is 6.61 Å². The highest BCUT2D eigenvalue weighted by molar-refractivity contribution is 8.05. The van der Waals surface area contributed by atoms with E-state index in [9.17, 15) is 37.5 Å². The molecule has 3 N–H and O–H groups in total. The van der Waals surface area contributed by atoms with E-state index in [4.69, 9.17) is 27.2 Å². The van der Waals surface area contributed by atoms with Crippen LogP contribution in [0, 0.1) is 0 Å². The van der Waals surface area contributed by atoms with Gasteiger partial charge in [0.15, 0.2) is 6.23 Å². The Bertz CT molecular complexity index is 807. The Hall–Kier alpha value is -0.880. The number of nitrogens with zero attached hydrogens (tertiary/aromatic N) is 1. The van der Waals surface area contributed by atoms with Crippen LogP contribution in [0.2, 0.25) is 0 Å². The Kier molecular flexibility index (Phi) is 5.74. The summed E-state index contributed by atoms with van der Waals surface area (Å²) in [6, 6.07) is 0. The van der Waals surface area contributed by atoms with Crippen molar-refractivity contribution in [1.82, 2.24) is 9.55 Å². The first kappa shape index (κ1) is 20.4. The molecule has 0 spiro atoms. The minimum Gasteiger partial charge on any atom is -0.387 e. The molecule has 0 aromatic carbocycles. The molecule has 0 aliphatic carbocycles. The summed E-state index contributed by atoms with van der Waals surface area (Å²) in [5.74, 6) is 0. The van der Waals surface area contributed by atoms with Crippen LogP contribution in [-0.4, -0.2) is 44.7 Å². The normalized spacial score (nSPS) is 27.6. The van der Waals surface area contributed by atoms with Crippen LogP contribution < -0.4 is 11.2 Å². The van der Waals surface area contributed by atoms with Crippen molar-refractivity contribution < 1.29 is 37.2 Å². The number of H-pyrrole nitrogens is 1. The van der Waals surface area contributed by atoms with Crippen LogP contribution in [0.1, 0.15) is 11.8 Å². The zero-order valence-electron chi connectivity index (χ0n) is 11.8. The van der Waals surface area contributed by atoms with E-state index in [2.05, 4.69) is 4.52 Å². The monoisotopic (exact) mass is 428 g/mol. The molecule has 1 aliphatic heterocycles. The molecule has 1 fully saturated rings. The molecule has 25 heavy (non-hydrogen) atoms. The molecule has 142 valence electrons. The SMILES string of the molecule is O=c1[nH]c(=O)n([C@@H]2O[C@H](COP(=O)(Cl)Cl)C(O)[C@@H]2O)cc1C(F)(F)F. The summed E-state index contributed by atoms with van der Waals surface area (Å²) in [5.41, 5.74) is -4.69. The van der Waals surface area contributed by atoms with Crippen molar-refractivity contribution in [3.63, 3.8) is 0 Å². The molecule has 1 aromatic heterocycles. The molecular weight excluding hydrogens is 419 g/mol. The van der Waals surface area contributed by atoms with Gasteiger partial charge in [-0.1, -0.05) is 0 Å². The first-order valence-corrected chi connectivity index (χ1v) is 9.83. The summed E-state index contributed by atoms with van der Waals surface area (Å²) in [6.07, 6.45) is -15.7. The maximum Gasteiger partial charge on any atom is 0.423 e. The first-order chi connectivity index (χ1) is 11.3. The second-order valence-electron chi connectivity index (χ2n) is 4.96. The third kappa shape index (κ3) is 4.64. The number of hydrogen-bond donors (Lipinski definition) is 3. The molecular formula is C10H10Cl2F3N2O7P. The van der Waals surface area contributed by atoms with E-state index in [1.54, 1.807) is 0 Å². The van der Waals surface area contributed by atoms with Crippen LogP contribution in [0.3, 0.4) is 0 Å². The van der Waals surface area contributed by atoms with Gasteiger partial charge in [-0.15, -0.1) is 0 Å². The number of nitrogens with one attached hydrogen (secondary N) is 1. The standard InChI is InChI=1S/C10H10Cl2F3N2O7P/c11-25(12,22)23-2-4-5(18)6(19)8(24-4)17-1-3(10(13,14)15)7(20)16-9(17)21/h1,4-6,8,18-19H,2H2,(H,16,20,21)/t4-,5?,6+,8-/m1/s1. The number of aromatic nitrogens is 2. The van der Waals surface area contributed by atoms with Gasteiger partial charge in [-0.3, -0.25) is 18.9 Å². The second-order valence-corrected chi connectivity index (χ2v) is 9.24. The van der Waals surface area contributed by atoms with E-state index in [-0.39, 0.29) is 10.8 Å². The van der Waals surface area contributed by atoms with E-state index in [0.29, 0.717) is 0 Å². The minimum absolute atomic E-state index is 0.152. The minimum atomic E-state index is -5.07. The summed E-state index contributed by atoms with van der Waals surface area (Å²) < 4.78 is 59.2. The van der Waals surface area contributed by atoms with Crippen molar-refractivity contribution in [2.75, 3.05) is 6.61 Å². The van der Waals surface area contributed by atoms with Crippen molar-refractivity contribution in [3.8, 4) is 0 Å². The lowest BCUT2D eigenvalue weighted by Crippen LogP contribution is -2.40. The van der Waals surface area contributed by atoms with Crippen LogP contribution in [0.5, 0.6) is 0 Å². The quantitative estimate of drug-likeness (QED) is 0.603. The molecule has 1 saturated heterocycles. The molecule has 0 radical (unpaired) electrons. The van der Waals surface area contributed by atoms with Crippen molar-refractivity contribution >= 4 is 28.6 Å².